The van der Waals surface area contributed by atoms with Gasteiger partial charge in [0.05, 0.1) is 6.26 Å². The molecular weight excluding hydrogens is 234 g/mol. The number of amides is 1. The number of benzene rings is 1. The lowest BCUT2D eigenvalue weighted by Gasteiger charge is -2.05. The molecule has 2 aromatic rings. The van der Waals surface area contributed by atoms with Crippen LogP contribution in [-0.2, 0) is 11.3 Å². The zero-order valence-corrected chi connectivity index (χ0v) is 9.46. The average molecular weight is 245 g/mol. The highest BCUT2D eigenvalue weighted by Crippen LogP contribution is 2.03. The Morgan fingerprint density at radius 1 is 1.17 bits per heavy atom. The van der Waals surface area contributed by atoms with E-state index in [1.807, 2.05) is 30.3 Å². The minimum absolute atomic E-state index is 0.0514. The molecule has 1 heterocycles. The van der Waals surface area contributed by atoms with E-state index in [0.29, 0.717) is 0 Å². The second-order valence-corrected chi connectivity index (χ2v) is 3.50. The van der Waals surface area contributed by atoms with Crippen LogP contribution in [0, 0.1) is 0 Å². The summed E-state index contributed by atoms with van der Waals surface area (Å²) in [5.41, 5.74) is 0.303. The van der Waals surface area contributed by atoms with Crippen molar-refractivity contribution < 1.29 is 13.9 Å². The van der Waals surface area contributed by atoms with E-state index in [-0.39, 0.29) is 12.3 Å². The van der Waals surface area contributed by atoms with Gasteiger partial charge in [0.1, 0.15) is 12.3 Å². The molecule has 1 amide bonds. The van der Waals surface area contributed by atoms with Crippen LogP contribution < -0.4 is 10.9 Å². The zero-order chi connectivity index (χ0) is 12.8. The van der Waals surface area contributed by atoms with E-state index in [1.54, 1.807) is 0 Å². The van der Waals surface area contributed by atoms with Gasteiger partial charge in [0.15, 0.2) is 0 Å². The third kappa shape index (κ3) is 3.21. The molecule has 2 rings (SSSR count). The van der Waals surface area contributed by atoms with Gasteiger partial charge in [0.2, 0.25) is 0 Å². The Labute approximate surface area is 103 Å². The first-order valence-electron chi connectivity index (χ1n) is 5.31. The number of carbonyl (C=O) groups is 1. The van der Waals surface area contributed by atoms with Crippen LogP contribution >= 0.6 is 0 Å². The summed E-state index contributed by atoms with van der Waals surface area (Å²) >= 11 is 0. The molecule has 92 valence electrons. The third-order valence-electron chi connectivity index (χ3n) is 2.19. The summed E-state index contributed by atoms with van der Waals surface area (Å²) in [5.74, 6) is 0. The Balaban J connectivity index is 1.90. The van der Waals surface area contributed by atoms with E-state index in [9.17, 15) is 9.59 Å². The molecule has 1 aromatic carbocycles. The summed E-state index contributed by atoms with van der Waals surface area (Å²) in [6, 6.07) is 12.2. The number of hydrogen-bond donors (Lipinski definition) is 1. The minimum Gasteiger partial charge on any atom is -0.444 e. The molecule has 0 saturated heterocycles. The van der Waals surface area contributed by atoms with E-state index >= 15 is 0 Å². The summed E-state index contributed by atoms with van der Waals surface area (Å²) in [7, 11) is 0. The van der Waals surface area contributed by atoms with Gasteiger partial charge in [0, 0.05) is 0 Å². The number of rotatable bonds is 3. The fraction of sp³-hybridized carbons (Fsp3) is 0.0769. The van der Waals surface area contributed by atoms with Gasteiger partial charge in [-0.3, -0.25) is 5.32 Å². The monoisotopic (exact) mass is 245 g/mol. The topological polar surface area (TPSA) is 68.5 Å². The first-order valence-corrected chi connectivity index (χ1v) is 5.31. The molecule has 0 saturated carbocycles. The molecule has 0 aliphatic rings. The second-order valence-electron chi connectivity index (χ2n) is 3.50. The first kappa shape index (κ1) is 11.9. The normalized spacial score (nSPS) is 9.78. The fourth-order valence-electron chi connectivity index (χ4n) is 1.33. The Kier molecular flexibility index (Phi) is 3.76. The van der Waals surface area contributed by atoms with Crippen LogP contribution in [0.15, 0.2) is 57.9 Å². The SMILES string of the molecule is O=C(Nc1cccoc1=O)OCc1ccccc1. The molecule has 0 bridgehead atoms. The van der Waals surface area contributed by atoms with E-state index in [1.165, 1.54) is 18.4 Å². The highest BCUT2D eigenvalue weighted by Gasteiger charge is 2.06. The average Bonchev–Trinajstić information content (AvgIpc) is 2.40. The van der Waals surface area contributed by atoms with Crippen molar-refractivity contribution in [3.8, 4) is 0 Å². The second kappa shape index (κ2) is 5.67. The van der Waals surface area contributed by atoms with Crippen molar-refractivity contribution in [2.24, 2.45) is 0 Å². The van der Waals surface area contributed by atoms with Gasteiger partial charge in [-0.1, -0.05) is 30.3 Å². The molecule has 0 atom stereocenters. The van der Waals surface area contributed by atoms with Crippen molar-refractivity contribution in [1.29, 1.82) is 0 Å². The highest BCUT2D eigenvalue weighted by molar-refractivity contribution is 5.84. The van der Waals surface area contributed by atoms with E-state index in [4.69, 9.17) is 4.74 Å². The van der Waals surface area contributed by atoms with Crippen LogP contribution in [0.5, 0.6) is 0 Å². The molecule has 0 aliphatic carbocycles. The molecule has 0 aliphatic heterocycles. The van der Waals surface area contributed by atoms with Crippen LogP contribution in [0.3, 0.4) is 0 Å². The van der Waals surface area contributed by atoms with Gasteiger partial charge >= 0.3 is 11.7 Å². The van der Waals surface area contributed by atoms with Crippen LogP contribution in [0.1, 0.15) is 5.56 Å². The number of carbonyl (C=O) groups excluding carboxylic acids is 1. The van der Waals surface area contributed by atoms with E-state index < -0.39 is 11.7 Å². The molecule has 1 N–H and O–H groups in total. The number of anilines is 1. The molecule has 0 fully saturated rings. The van der Waals surface area contributed by atoms with E-state index in [2.05, 4.69) is 9.73 Å². The van der Waals surface area contributed by atoms with Gasteiger partial charge in [0.25, 0.3) is 0 Å². The number of nitrogens with one attached hydrogen (secondary N) is 1. The molecule has 0 radical (unpaired) electrons. The molecule has 5 heteroatoms. The van der Waals surface area contributed by atoms with Gasteiger partial charge in [-0.25, -0.2) is 9.59 Å². The lowest BCUT2D eigenvalue weighted by Crippen LogP contribution is -2.18. The van der Waals surface area contributed by atoms with Gasteiger partial charge in [-0.2, -0.15) is 0 Å². The Bertz CT molecular complexity index is 577. The Morgan fingerprint density at radius 2 is 1.94 bits per heavy atom. The van der Waals surface area contributed by atoms with Crippen molar-refractivity contribution >= 4 is 11.8 Å². The summed E-state index contributed by atoms with van der Waals surface area (Å²) < 4.78 is 9.55. The van der Waals surface area contributed by atoms with Crippen molar-refractivity contribution in [2.75, 3.05) is 5.32 Å². The summed E-state index contributed by atoms with van der Waals surface area (Å²) in [5, 5.41) is 2.31. The quantitative estimate of drug-likeness (QED) is 0.901. The maximum Gasteiger partial charge on any atom is 0.412 e. The highest BCUT2D eigenvalue weighted by atomic mass is 16.5. The lowest BCUT2D eigenvalue weighted by atomic mass is 10.2. The fourth-order valence-corrected chi connectivity index (χ4v) is 1.33. The summed E-state index contributed by atoms with van der Waals surface area (Å²) in [6.07, 6.45) is 0.542. The lowest BCUT2D eigenvalue weighted by molar-refractivity contribution is 0.155. The largest absolute Gasteiger partial charge is 0.444 e. The van der Waals surface area contributed by atoms with Crippen molar-refractivity contribution in [1.82, 2.24) is 0 Å². The molecular formula is C13H11NO4. The standard InChI is InChI=1S/C13H11NO4/c15-12-11(7-4-8-17-12)14-13(16)18-9-10-5-2-1-3-6-10/h1-8H,9H2,(H,14,16). The van der Waals surface area contributed by atoms with Crippen LogP contribution in [0.25, 0.3) is 0 Å². The zero-order valence-electron chi connectivity index (χ0n) is 9.46. The van der Waals surface area contributed by atoms with Crippen LogP contribution in [0.4, 0.5) is 10.5 Å². The summed E-state index contributed by atoms with van der Waals surface area (Å²) in [4.78, 5) is 22.6. The maximum atomic E-state index is 11.4. The van der Waals surface area contributed by atoms with Gasteiger partial charge < -0.3 is 9.15 Å². The first-order chi connectivity index (χ1) is 8.75. The predicted octanol–water partition coefficient (Wildman–Crippen LogP) is 2.39. The smallest absolute Gasteiger partial charge is 0.412 e. The molecule has 18 heavy (non-hydrogen) atoms. The Morgan fingerprint density at radius 3 is 2.67 bits per heavy atom. The number of ether oxygens (including phenoxy) is 1. The van der Waals surface area contributed by atoms with Crippen molar-refractivity contribution in [3.63, 3.8) is 0 Å². The molecule has 0 unspecified atom stereocenters. The van der Waals surface area contributed by atoms with Gasteiger partial charge in [-0.05, 0) is 17.7 Å². The molecule has 5 nitrogen and oxygen atoms in total. The van der Waals surface area contributed by atoms with Gasteiger partial charge in [-0.15, -0.1) is 0 Å². The molecule has 0 spiro atoms. The number of hydrogen-bond acceptors (Lipinski definition) is 4. The maximum absolute atomic E-state index is 11.4. The van der Waals surface area contributed by atoms with Crippen molar-refractivity contribution in [3.05, 3.63) is 64.7 Å². The minimum atomic E-state index is -0.697. The van der Waals surface area contributed by atoms with Crippen LogP contribution in [0.2, 0.25) is 0 Å². The van der Waals surface area contributed by atoms with E-state index in [0.717, 1.165) is 5.56 Å². The molecule has 1 aromatic heterocycles. The summed E-state index contributed by atoms with van der Waals surface area (Å²) in [6.45, 7) is 0.144. The van der Waals surface area contributed by atoms with Crippen LogP contribution in [-0.4, -0.2) is 6.09 Å². The third-order valence-corrected chi connectivity index (χ3v) is 2.19. The van der Waals surface area contributed by atoms with Crippen molar-refractivity contribution in [2.45, 2.75) is 6.61 Å². The Hall–Kier alpha value is -2.56. The predicted molar refractivity (Wildman–Crippen MR) is 65.2 cm³/mol.